The van der Waals surface area contributed by atoms with Crippen LogP contribution >= 0.6 is 0 Å². The molecule has 7 heteroatoms. The van der Waals surface area contributed by atoms with Gasteiger partial charge in [0, 0.05) is 12.5 Å². The van der Waals surface area contributed by atoms with Crippen LogP contribution in [0.2, 0.25) is 0 Å². The van der Waals surface area contributed by atoms with Gasteiger partial charge in [-0.25, -0.2) is 8.42 Å². The number of nitrogens with one attached hydrogen (secondary N) is 1. The van der Waals surface area contributed by atoms with Crippen molar-refractivity contribution in [2.45, 2.75) is 44.8 Å². The molecule has 18 heavy (non-hydrogen) atoms. The Labute approximate surface area is 106 Å². The van der Waals surface area contributed by atoms with Crippen molar-refractivity contribution in [3.63, 3.8) is 0 Å². The third kappa shape index (κ3) is 6.04. The zero-order valence-electron chi connectivity index (χ0n) is 10.5. The van der Waals surface area contributed by atoms with Gasteiger partial charge >= 0.3 is 6.18 Å². The van der Waals surface area contributed by atoms with Gasteiger partial charge in [0.1, 0.15) is 0 Å². The molecule has 0 amide bonds. The molecule has 0 aliphatic carbocycles. The lowest BCUT2D eigenvalue weighted by molar-refractivity contribution is -0.136. The number of sulfone groups is 1. The molecule has 108 valence electrons. The molecule has 1 aliphatic rings. The van der Waals surface area contributed by atoms with E-state index in [4.69, 9.17) is 0 Å². The molecule has 2 atom stereocenters. The first-order valence-electron chi connectivity index (χ1n) is 6.22. The van der Waals surface area contributed by atoms with Gasteiger partial charge in [-0.15, -0.1) is 0 Å². The number of rotatable bonds is 6. The van der Waals surface area contributed by atoms with Crippen LogP contribution in [0.4, 0.5) is 13.2 Å². The predicted molar refractivity (Wildman–Crippen MR) is 64.1 cm³/mol. The maximum atomic E-state index is 12.2. The summed E-state index contributed by atoms with van der Waals surface area (Å²) in [4.78, 5) is 0. The van der Waals surface area contributed by atoms with Crippen LogP contribution < -0.4 is 5.32 Å². The molecule has 1 aliphatic heterocycles. The molecule has 1 fully saturated rings. The second kappa shape index (κ2) is 6.23. The Morgan fingerprint density at radius 2 is 2.06 bits per heavy atom. The summed E-state index contributed by atoms with van der Waals surface area (Å²) in [5.41, 5.74) is 0. The van der Waals surface area contributed by atoms with Gasteiger partial charge in [-0.2, -0.15) is 13.2 Å². The monoisotopic (exact) mass is 287 g/mol. The fraction of sp³-hybridized carbons (Fsp3) is 1.00. The van der Waals surface area contributed by atoms with E-state index in [0.29, 0.717) is 19.4 Å². The number of hydrogen-bond donors (Lipinski definition) is 1. The Kier molecular flexibility index (Phi) is 5.46. The normalized spacial score (nSPS) is 25.2. The second-order valence-electron chi connectivity index (χ2n) is 4.91. The summed E-state index contributed by atoms with van der Waals surface area (Å²) in [5, 5.41) is 3.01. The molecule has 0 aromatic heterocycles. The standard InChI is InChI=1S/C11H20F3NO2S/c1-2-15-10(3-5-11(12,13)14)7-9-4-6-18(16,17)8-9/h9-10,15H,2-8H2,1H3. The minimum Gasteiger partial charge on any atom is -0.314 e. The van der Waals surface area contributed by atoms with Crippen molar-refractivity contribution in [1.29, 1.82) is 0 Å². The maximum absolute atomic E-state index is 12.2. The molecule has 1 heterocycles. The van der Waals surface area contributed by atoms with Gasteiger partial charge in [0.15, 0.2) is 9.84 Å². The molecule has 0 bridgehead atoms. The maximum Gasteiger partial charge on any atom is 0.389 e. The van der Waals surface area contributed by atoms with Crippen LogP contribution in [0.15, 0.2) is 0 Å². The van der Waals surface area contributed by atoms with Crippen molar-refractivity contribution < 1.29 is 21.6 Å². The highest BCUT2D eigenvalue weighted by Crippen LogP contribution is 2.27. The Morgan fingerprint density at radius 3 is 2.50 bits per heavy atom. The van der Waals surface area contributed by atoms with Gasteiger partial charge in [0.2, 0.25) is 0 Å². The van der Waals surface area contributed by atoms with Gasteiger partial charge in [-0.1, -0.05) is 6.92 Å². The first-order valence-corrected chi connectivity index (χ1v) is 8.04. The van der Waals surface area contributed by atoms with Crippen LogP contribution in [0.3, 0.4) is 0 Å². The van der Waals surface area contributed by atoms with E-state index in [0.717, 1.165) is 0 Å². The largest absolute Gasteiger partial charge is 0.389 e. The van der Waals surface area contributed by atoms with Gasteiger partial charge in [-0.3, -0.25) is 0 Å². The highest BCUT2D eigenvalue weighted by molar-refractivity contribution is 7.91. The van der Waals surface area contributed by atoms with E-state index in [1.165, 1.54) is 0 Å². The third-order valence-corrected chi connectivity index (χ3v) is 5.05. The molecule has 0 spiro atoms. The summed E-state index contributed by atoms with van der Waals surface area (Å²) in [7, 11) is -2.95. The first kappa shape index (κ1) is 15.8. The highest BCUT2D eigenvalue weighted by atomic mass is 32.2. The quantitative estimate of drug-likeness (QED) is 0.814. The van der Waals surface area contributed by atoms with Crippen LogP contribution in [0.5, 0.6) is 0 Å². The van der Waals surface area contributed by atoms with E-state index in [2.05, 4.69) is 5.32 Å². The van der Waals surface area contributed by atoms with Crippen molar-refractivity contribution in [2.24, 2.45) is 5.92 Å². The average molecular weight is 287 g/mol. The molecule has 3 nitrogen and oxygen atoms in total. The fourth-order valence-corrected chi connectivity index (χ4v) is 4.27. The van der Waals surface area contributed by atoms with Crippen LogP contribution in [-0.4, -0.2) is 38.7 Å². The van der Waals surface area contributed by atoms with E-state index in [1.807, 2.05) is 6.92 Å². The second-order valence-corrected chi connectivity index (χ2v) is 7.14. The van der Waals surface area contributed by atoms with E-state index in [9.17, 15) is 21.6 Å². The van der Waals surface area contributed by atoms with Gasteiger partial charge < -0.3 is 5.32 Å². The lowest BCUT2D eigenvalue weighted by Gasteiger charge is -2.21. The average Bonchev–Trinajstić information content (AvgIpc) is 2.54. The van der Waals surface area contributed by atoms with E-state index < -0.39 is 22.4 Å². The number of halogens is 3. The Bertz CT molecular complexity index is 354. The smallest absolute Gasteiger partial charge is 0.314 e. The minimum atomic E-state index is -4.14. The summed E-state index contributed by atoms with van der Waals surface area (Å²) in [5.74, 6) is 0.309. The summed E-state index contributed by atoms with van der Waals surface area (Å²) >= 11 is 0. The van der Waals surface area contributed by atoms with Crippen molar-refractivity contribution >= 4 is 9.84 Å². The Hall–Kier alpha value is -0.300. The van der Waals surface area contributed by atoms with Crippen molar-refractivity contribution in [3.8, 4) is 0 Å². The molecule has 0 aromatic carbocycles. The molecule has 1 rings (SSSR count). The molecule has 1 saturated heterocycles. The molecule has 0 saturated carbocycles. The summed E-state index contributed by atoms with van der Waals surface area (Å²) < 4.78 is 59.1. The van der Waals surface area contributed by atoms with Crippen molar-refractivity contribution in [3.05, 3.63) is 0 Å². The van der Waals surface area contributed by atoms with Crippen LogP contribution in [0.25, 0.3) is 0 Å². The van der Waals surface area contributed by atoms with Gasteiger partial charge in [-0.05, 0) is 31.7 Å². The topological polar surface area (TPSA) is 46.2 Å². The van der Waals surface area contributed by atoms with E-state index in [1.54, 1.807) is 0 Å². The summed E-state index contributed by atoms with van der Waals surface area (Å²) in [6.07, 6.45) is -3.84. The minimum absolute atomic E-state index is 0.00674. The van der Waals surface area contributed by atoms with Crippen LogP contribution in [-0.2, 0) is 9.84 Å². The van der Waals surface area contributed by atoms with Crippen LogP contribution in [0.1, 0.15) is 32.6 Å². The van der Waals surface area contributed by atoms with Gasteiger partial charge in [0.25, 0.3) is 0 Å². The molecular weight excluding hydrogens is 267 g/mol. The molecular formula is C11H20F3NO2S. The lowest BCUT2D eigenvalue weighted by Crippen LogP contribution is -2.32. The Balaban J connectivity index is 2.43. The van der Waals surface area contributed by atoms with E-state index in [-0.39, 0.29) is 29.9 Å². The number of hydrogen-bond acceptors (Lipinski definition) is 3. The first-order chi connectivity index (χ1) is 8.22. The fourth-order valence-electron chi connectivity index (χ4n) is 2.39. The number of alkyl halides is 3. The molecule has 1 N–H and O–H groups in total. The molecule has 0 aromatic rings. The molecule has 2 unspecified atom stereocenters. The third-order valence-electron chi connectivity index (χ3n) is 3.21. The SMILES string of the molecule is CCNC(CCC(F)(F)F)CC1CCS(=O)(=O)C1. The highest BCUT2D eigenvalue weighted by Gasteiger charge is 2.32. The predicted octanol–water partition coefficient (Wildman–Crippen LogP) is 2.13. The van der Waals surface area contributed by atoms with Crippen LogP contribution in [0, 0.1) is 5.92 Å². The van der Waals surface area contributed by atoms with Crippen molar-refractivity contribution in [1.82, 2.24) is 5.32 Å². The lowest BCUT2D eigenvalue weighted by atomic mass is 9.96. The Morgan fingerprint density at radius 1 is 1.39 bits per heavy atom. The van der Waals surface area contributed by atoms with Crippen molar-refractivity contribution in [2.75, 3.05) is 18.1 Å². The van der Waals surface area contributed by atoms with E-state index >= 15 is 0 Å². The summed E-state index contributed by atoms with van der Waals surface area (Å²) in [6.45, 7) is 2.44. The summed E-state index contributed by atoms with van der Waals surface area (Å²) in [6, 6.07) is -0.241. The molecule has 0 radical (unpaired) electrons. The zero-order chi connectivity index (χ0) is 13.8. The zero-order valence-corrected chi connectivity index (χ0v) is 11.3. The van der Waals surface area contributed by atoms with Gasteiger partial charge in [0.05, 0.1) is 11.5 Å².